The van der Waals surface area contributed by atoms with Crippen molar-refractivity contribution in [3.05, 3.63) is 0 Å². The van der Waals surface area contributed by atoms with Crippen LogP contribution < -0.4 is 5.32 Å². The third kappa shape index (κ3) is 4.20. The van der Waals surface area contributed by atoms with Crippen LogP contribution in [0.25, 0.3) is 0 Å². The minimum Gasteiger partial charge on any atom is -0.352 e. The number of hydrogen-bond donors (Lipinski definition) is 1. The van der Waals surface area contributed by atoms with Gasteiger partial charge < -0.3 is 10.2 Å². The Morgan fingerprint density at radius 3 is 2.41 bits per heavy atom. The Hall–Kier alpha value is -0.660. The molecule has 3 rings (SSSR count). The van der Waals surface area contributed by atoms with Crippen molar-refractivity contribution in [2.45, 2.75) is 50.2 Å². The first-order chi connectivity index (χ1) is 10.4. The molecular weight excluding hydrogens is 302 g/mol. The van der Waals surface area contributed by atoms with E-state index in [1.807, 2.05) is 11.9 Å². The van der Waals surface area contributed by atoms with Crippen LogP contribution in [-0.4, -0.2) is 80.4 Å². The summed E-state index contributed by atoms with van der Waals surface area (Å²) in [5.74, 6) is 0.469. The summed E-state index contributed by atoms with van der Waals surface area (Å²) >= 11 is 0. The highest BCUT2D eigenvalue weighted by atomic mass is 32.2. The van der Waals surface area contributed by atoms with E-state index in [2.05, 4.69) is 10.2 Å². The Morgan fingerprint density at radius 2 is 1.86 bits per heavy atom. The van der Waals surface area contributed by atoms with Gasteiger partial charge in [0.2, 0.25) is 5.91 Å². The first-order valence-corrected chi connectivity index (χ1v) is 10.2. The predicted octanol–water partition coefficient (Wildman–Crippen LogP) is -0.152. The van der Waals surface area contributed by atoms with E-state index >= 15 is 0 Å². The van der Waals surface area contributed by atoms with Crippen LogP contribution in [0.5, 0.6) is 0 Å². The summed E-state index contributed by atoms with van der Waals surface area (Å²) in [5.41, 5.74) is 0. The number of piperidine rings is 1. The molecule has 126 valence electrons. The molecule has 1 saturated carbocycles. The average molecular weight is 329 g/mol. The smallest absolute Gasteiger partial charge is 0.234 e. The minimum atomic E-state index is -2.89. The molecule has 0 aromatic rings. The molecule has 22 heavy (non-hydrogen) atoms. The quantitative estimate of drug-likeness (QED) is 0.759. The Bertz CT molecular complexity index is 510. The van der Waals surface area contributed by atoms with Crippen LogP contribution in [0.3, 0.4) is 0 Å². The van der Waals surface area contributed by atoms with Gasteiger partial charge in [0, 0.05) is 31.2 Å². The van der Waals surface area contributed by atoms with E-state index in [1.54, 1.807) is 0 Å². The summed E-state index contributed by atoms with van der Waals surface area (Å²) in [4.78, 5) is 16.6. The molecule has 2 heterocycles. The van der Waals surface area contributed by atoms with E-state index in [4.69, 9.17) is 0 Å². The largest absolute Gasteiger partial charge is 0.352 e. The van der Waals surface area contributed by atoms with Gasteiger partial charge in [-0.3, -0.25) is 9.69 Å². The van der Waals surface area contributed by atoms with Gasteiger partial charge in [-0.1, -0.05) is 0 Å². The van der Waals surface area contributed by atoms with E-state index in [0.717, 1.165) is 32.0 Å². The summed E-state index contributed by atoms with van der Waals surface area (Å²) < 4.78 is 23.0. The molecule has 3 fully saturated rings. The molecule has 0 aromatic carbocycles. The van der Waals surface area contributed by atoms with E-state index in [1.165, 1.54) is 12.8 Å². The third-order valence-electron chi connectivity index (χ3n) is 5.18. The second-order valence-corrected chi connectivity index (χ2v) is 9.31. The van der Waals surface area contributed by atoms with Crippen molar-refractivity contribution in [2.75, 3.05) is 38.2 Å². The maximum Gasteiger partial charge on any atom is 0.234 e. The summed E-state index contributed by atoms with van der Waals surface area (Å²) in [6.45, 7) is 2.47. The number of carbonyl (C=O) groups is 1. The molecule has 1 unspecified atom stereocenters. The number of nitrogens with one attached hydrogen (secondary N) is 1. The van der Waals surface area contributed by atoms with Gasteiger partial charge in [0.15, 0.2) is 9.84 Å². The van der Waals surface area contributed by atoms with Gasteiger partial charge in [-0.2, -0.15) is 0 Å². The molecule has 6 nitrogen and oxygen atoms in total. The number of likely N-dealkylation sites (N-methyl/N-ethyl adjacent to an activating group) is 1. The van der Waals surface area contributed by atoms with Gasteiger partial charge in [0.05, 0.1) is 18.1 Å². The second kappa shape index (κ2) is 6.45. The molecule has 0 radical (unpaired) electrons. The number of nitrogens with zero attached hydrogens (tertiary/aromatic N) is 2. The number of likely N-dealkylation sites (tertiary alicyclic amines) is 1. The Balaban J connectivity index is 1.39. The fraction of sp³-hybridized carbons (Fsp3) is 0.933. The van der Waals surface area contributed by atoms with E-state index in [9.17, 15) is 13.2 Å². The van der Waals surface area contributed by atoms with Crippen molar-refractivity contribution < 1.29 is 13.2 Å². The Labute approximate surface area is 133 Å². The molecule has 0 bridgehead atoms. The molecule has 0 spiro atoms. The molecule has 1 atom stereocenters. The van der Waals surface area contributed by atoms with Gasteiger partial charge >= 0.3 is 0 Å². The number of sulfone groups is 1. The van der Waals surface area contributed by atoms with Crippen molar-refractivity contribution in [1.82, 2.24) is 15.1 Å². The van der Waals surface area contributed by atoms with Gasteiger partial charge in [-0.15, -0.1) is 0 Å². The summed E-state index contributed by atoms with van der Waals surface area (Å²) in [6, 6.07) is 1.09. The zero-order valence-electron chi connectivity index (χ0n) is 13.3. The summed E-state index contributed by atoms with van der Waals surface area (Å²) in [5, 5.41) is 3.12. The van der Waals surface area contributed by atoms with Gasteiger partial charge in [-0.25, -0.2) is 8.42 Å². The average Bonchev–Trinajstić information content (AvgIpc) is 3.23. The van der Waals surface area contributed by atoms with E-state index in [0.29, 0.717) is 13.0 Å². The normalized spacial score (nSPS) is 29.8. The Kier molecular flexibility index (Phi) is 4.75. The maximum absolute atomic E-state index is 12.2. The summed E-state index contributed by atoms with van der Waals surface area (Å²) in [7, 11) is -1.04. The molecule has 0 aromatic heterocycles. The number of rotatable bonds is 5. The van der Waals surface area contributed by atoms with Crippen molar-refractivity contribution in [1.29, 1.82) is 0 Å². The van der Waals surface area contributed by atoms with Crippen LogP contribution in [0.2, 0.25) is 0 Å². The van der Waals surface area contributed by atoms with E-state index < -0.39 is 9.84 Å². The molecule has 1 aliphatic carbocycles. The lowest BCUT2D eigenvalue weighted by Crippen LogP contribution is -2.48. The van der Waals surface area contributed by atoms with Crippen LogP contribution in [-0.2, 0) is 14.6 Å². The molecule has 2 aliphatic heterocycles. The van der Waals surface area contributed by atoms with Crippen LogP contribution in [0, 0.1) is 0 Å². The van der Waals surface area contributed by atoms with Crippen LogP contribution >= 0.6 is 0 Å². The fourth-order valence-electron chi connectivity index (χ4n) is 3.60. The Morgan fingerprint density at radius 1 is 1.18 bits per heavy atom. The molecule has 2 saturated heterocycles. The predicted molar refractivity (Wildman–Crippen MR) is 85.4 cm³/mol. The first-order valence-electron chi connectivity index (χ1n) is 8.37. The molecule has 1 amide bonds. The highest BCUT2D eigenvalue weighted by Crippen LogP contribution is 2.29. The second-order valence-electron chi connectivity index (χ2n) is 7.08. The highest BCUT2D eigenvalue weighted by molar-refractivity contribution is 7.91. The third-order valence-corrected chi connectivity index (χ3v) is 6.93. The fourth-order valence-corrected chi connectivity index (χ4v) is 5.41. The van der Waals surface area contributed by atoms with Gasteiger partial charge in [0.25, 0.3) is 0 Å². The van der Waals surface area contributed by atoms with Crippen molar-refractivity contribution >= 4 is 15.7 Å². The first kappa shape index (κ1) is 16.2. The topological polar surface area (TPSA) is 69.7 Å². The highest BCUT2D eigenvalue weighted by Gasteiger charge is 2.33. The maximum atomic E-state index is 12.2. The lowest BCUT2D eigenvalue weighted by molar-refractivity contribution is -0.123. The zero-order chi connectivity index (χ0) is 15.7. The number of amides is 1. The monoisotopic (exact) mass is 329 g/mol. The van der Waals surface area contributed by atoms with Gasteiger partial charge in [0.1, 0.15) is 0 Å². The summed E-state index contributed by atoms with van der Waals surface area (Å²) in [6.07, 6.45) is 5.39. The number of hydrogen-bond acceptors (Lipinski definition) is 5. The van der Waals surface area contributed by atoms with Crippen LogP contribution in [0.15, 0.2) is 0 Å². The van der Waals surface area contributed by atoms with Crippen LogP contribution in [0.1, 0.15) is 32.1 Å². The lowest BCUT2D eigenvalue weighted by Gasteiger charge is -2.33. The van der Waals surface area contributed by atoms with E-state index in [-0.39, 0.29) is 29.5 Å². The molecule has 3 aliphatic rings. The van der Waals surface area contributed by atoms with Gasteiger partial charge in [-0.05, 0) is 39.2 Å². The lowest BCUT2D eigenvalue weighted by atomic mass is 10.0. The minimum absolute atomic E-state index is 0.00698. The number of carbonyl (C=O) groups excluding carboxylic acids is 1. The van der Waals surface area contributed by atoms with Crippen molar-refractivity contribution in [3.8, 4) is 0 Å². The van der Waals surface area contributed by atoms with Crippen molar-refractivity contribution in [2.24, 2.45) is 0 Å². The zero-order valence-corrected chi connectivity index (χ0v) is 14.1. The molecule has 1 N–H and O–H groups in total. The molecule has 7 heteroatoms. The molecular formula is C15H27N3O3S. The SMILES string of the molecule is CN(CC(=O)NC1CCN(C2CC2)CC1)C1CCS(=O)(=O)C1. The van der Waals surface area contributed by atoms with Crippen LogP contribution in [0.4, 0.5) is 0 Å². The van der Waals surface area contributed by atoms with Crippen molar-refractivity contribution in [3.63, 3.8) is 0 Å². The standard InChI is InChI=1S/C15H27N3O3S/c1-17(14-6-9-22(20,21)11-14)10-15(19)16-12-4-7-18(8-5-12)13-2-3-13/h12-14H,2-11H2,1H3,(H,16,19).